The molecule has 0 aromatic heterocycles. The predicted octanol–water partition coefficient (Wildman–Crippen LogP) is 3.74. The van der Waals surface area contributed by atoms with Crippen LogP contribution in [-0.2, 0) is 4.74 Å². The van der Waals surface area contributed by atoms with Crippen LogP contribution in [-0.4, -0.2) is 24.7 Å². The summed E-state index contributed by atoms with van der Waals surface area (Å²) < 4.78 is 5.93. The van der Waals surface area contributed by atoms with Gasteiger partial charge in [0.1, 0.15) is 0 Å². The zero-order valence-corrected chi connectivity index (χ0v) is 14.7. The Morgan fingerprint density at radius 3 is 2.91 bits per heavy atom. The van der Waals surface area contributed by atoms with Crippen molar-refractivity contribution in [3.63, 3.8) is 0 Å². The number of nitrogens with two attached hydrogens (primary N) is 1. The number of hydrogen-bond acceptors (Lipinski definition) is 2. The second-order valence-electron chi connectivity index (χ2n) is 7.78. The van der Waals surface area contributed by atoms with Crippen molar-refractivity contribution in [2.24, 2.45) is 22.1 Å². The SMILES string of the molecule is CC(C)c1cccc(NC(N)=NC2C3CCCOC3C2(C)C)c1. The average molecular weight is 315 g/mol. The smallest absolute Gasteiger partial charge is 0.193 e. The molecule has 3 rings (SSSR count). The molecule has 0 bridgehead atoms. The first kappa shape index (κ1) is 16.3. The summed E-state index contributed by atoms with van der Waals surface area (Å²) >= 11 is 0. The lowest BCUT2D eigenvalue weighted by atomic mass is 9.55. The molecule has 3 unspecified atom stereocenters. The minimum atomic E-state index is 0.0666. The summed E-state index contributed by atoms with van der Waals surface area (Å²) in [5.41, 5.74) is 8.55. The van der Waals surface area contributed by atoms with Crippen molar-refractivity contribution in [3.8, 4) is 0 Å². The first-order chi connectivity index (χ1) is 10.9. The molecule has 23 heavy (non-hydrogen) atoms. The summed E-state index contributed by atoms with van der Waals surface area (Å²) in [6, 6.07) is 8.62. The maximum atomic E-state index is 6.18. The zero-order chi connectivity index (χ0) is 16.6. The van der Waals surface area contributed by atoms with E-state index < -0.39 is 0 Å². The minimum Gasteiger partial charge on any atom is -0.377 e. The fourth-order valence-corrected chi connectivity index (χ4v) is 4.06. The number of nitrogens with zero attached hydrogens (tertiary/aromatic N) is 1. The highest BCUT2D eigenvalue weighted by atomic mass is 16.5. The molecule has 1 aliphatic heterocycles. The molecule has 2 fully saturated rings. The van der Waals surface area contributed by atoms with Gasteiger partial charge in [-0.1, -0.05) is 39.8 Å². The van der Waals surface area contributed by atoms with Crippen LogP contribution in [0, 0.1) is 11.3 Å². The molecule has 126 valence electrons. The fraction of sp³-hybridized carbons (Fsp3) is 0.632. The van der Waals surface area contributed by atoms with E-state index in [1.54, 1.807) is 0 Å². The van der Waals surface area contributed by atoms with E-state index >= 15 is 0 Å². The van der Waals surface area contributed by atoms with Crippen LogP contribution in [0.1, 0.15) is 52.0 Å². The van der Waals surface area contributed by atoms with Gasteiger partial charge in [0.2, 0.25) is 0 Å². The lowest BCUT2D eigenvalue weighted by Crippen LogP contribution is -2.64. The van der Waals surface area contributed by atoms with Gasteiger partial charge in [-0.15, -0.1) is 0 Å². The lowest BCUT2D eigenvalue weighted by molar-refractivity contribution is -0.182. The molecule has 1 heterocycles. The summed E-state index contributed by atoms with van der Waals surface area (Å²) in [7, 11) is 0. The molecule has 2 aliphatic rings. The van der Waals surface area contributed by atoms with Crippen LogP contribution in [0.3, 0.4) is 0 Å². The Kier molecular flexibility index (Phi) is 4.37. The van der Waals surface area contributed by atoms with Crippen LogP contribution in [0.2, 0.25) is 0 Å². The molecule has 0 spiro atoms. The average Bonchev–Trinajstić information content (AvgIpc) is 2.53. The summed E-state index contributed by atoms with van der Waals surface area (Å²) in [4.78, 5) is 4.79. The van der Waals surface area contributed by atoms with Crippen LogP contribution in [0.5, 0.6) is 0 Å². The Morgan fingerprint density at radius 2 is 2.17 bits per heavy atom. The zero-order valence-electron chi connectivity index (χ0n) is 14.7. The molecule has 0 radical (unpaired) electrons. The maximum absolute atomic E-state index is 6.18. The molecule has 1 aliphatic carbocycles. The number of guanidine groups is 1. The second-order valence-corrected chi connectivity index (χ2v) is 7.78. The van der Waals surface area contributed by atoms with E-state index in [1.165, 1.54) is 12.0 Å². The van der Waals surface area contributed by atoms with Crippen molar-refractivity contribution in [3.05, 3.63) is 29.8 Å². The molecular weight excluding hydrogens is 286 g/mol. The second kappa shape index (κ2) is 6.16. The molecule has 4 heteroatoms. The largest absolute Gasteiger partial charge is 0.377 e. The number of rotatable bonds is 3. The van der Waals surface area contributed by atoms with Crippen LogP contribution in [0.15, 0.2) is 29.3 Å². The van der Waals surface area contributed by atoms with Crippen molar-refractivity contribution >= 4 is 11.6 Å². The van der Waals surface area contributed by atoms with E-state index in [2.05, 4.69) is 51.2 Å². The van der Waals surface area contributed by atoms with Gasteiger partial charge in [0.25, 0.3) is 0 Å². The maximum Gasteiger partial charge on any atom is 0.193 e. The lowest BCUT2D eigenvalue weighted by Gasteiger charge is -2.58. The van der Waals surface area contributed by atoms with E-state index in [4.69, 9.17) is 15.5 Å². The fourth-order valence-electron chi connectivity index (χ4n) is 4.06. The minimum absolute atomic E-state index is 0.0666. The number of aliphatic imine (C=N–C) groups is 1. The third-order valence-electron chi connectivity index (χ3n) is 5.37. The van der Waals surface area contributed by atoms with Crippen LogP contribution in [0.4, 0.5) is 5.69 Å². The number of ether oxygens (including phenoxy) is 1. The highest BCUT2D eigenvalue weighted by molar-refractivity contribution is 5.92. The van der Waals surface area contributed by atoms with Crippen molar-refractivity contribution in [2.75, 3.05) is 11.9 Å². The Labute approximate surface area is 139 Å². The first-order valence-electron chi connectivity index (χ1n) is 8.71. The van der Waals surface area contributed by atoms with Crippen LogP contribution in [0.25, 0.3) is 0 Å². The van der Waals surface area contributed by atoms with Gasteiger partial charge in [0.15, 0.2) is 5.96 Å². The molecule has 1 aromatic rings. The Bertz CT molecular complexity index is 594. The molecule has 1 saturated heterocycles. The molecule has 1 saturated carbocycles. The topological polar surface area (TPSA) is 59.6 Å². The number of hydrogen-bond donors (Lipinski definition) is 2. The summed E-state index contributed by atoms with van der Waals surface area (Å²) in [5, 5.41) is 3.26. The number of benzene rings is 1. The van der Waals surface area contributed by atoms with Crippen LogP contribution < -0.4 is 11.1 Å². The Balaban J connectivity index is 1.71. The normalized spacial score (nSPS) is 29.8. The predicted molar refractivity (Wildman–Crippen MR) is 95.8 cm³/mol. The third-order valence-corrected chi connectivity index (χ3v) is 5.37. The van der Waals surface area contributed by atoms with Gasteiger partial charge in [-0.25, -0.2) is 4.99 Å². The van der Waals surface area contributed by atoms with Gasteiger partial charge >= 0.3 is 0 Å². The number of fused-ring (bicyclic) bond motifs is 1. The Morgan fingerprint density at radius 1 is 1.39 bits per heavy atom. The summed E-state index contributed by atoms with van der Waals surface area (Å²) in [6.07, 6.45) is 2.66. The van der Waals surface area contributed by atoms with E-state index in [0.29, 0.717) is 23.9 Å². The van der Waals surface area contributed by atoms with E-state index in [9.17, 15) is 0 Å². The van der Waals surface area contributed by atoms with Crippen molar-refractivity contribution in [1.82, 2.24) is 0 Å². The van der Waals surface area contributed by atoms with Gasteiger partial charge in [0.05, 0.1) is 12.1 Å². The molecule has 3 atom stereocenters. The molecule has 0 amide bonds. The summed E-state index contributed by atoms with van der Waals surface area (Å²) in [6.45, 7) is 9.74. The summed E-state index contributed by atoms with van der Waals surface area (Å²) in [5.74, 6) is 1.52. The van der Waals surface area contributed by atoms with Gasteiger partial charge in [-0.05, 0) is 36.5 Å². The monoisotopic (exact) mass is 315 g/mol. The molecular formula is C19H29N3O. The van der Waals surface area contributed by atoms with E-state index in [0.717, 1.165) is 18.7 Å². The first-order valence-corrected chi connectivity index (χ1v) is 8.71. The quantitative estimate of drug-likeness (QED) is 0.660. The van der Waals surface area contributed by atoms with E-state index in [1.807, 2.05) is 6.07 Å². The van der Waals surface area contributed by atoms with Crippen LogP contribution >= 0.6 is 0 Å². The highest BCUT2D eigenvalue weighted by Crippen LogP contribution is 2.53. The molecule has 3 N–H and O–H groups in total. The molecule has 4 nitrogen and oxygen atoms in total. The molecule has 1 aromatic carbocycles. The van der Waals surface area contributed by atoms with Gasteiger partial charge in [-0.2, -0.15) is 0 Å². The van der Waals surface area contributed by atoms with Crippen molar-refractivity contribution in [2.45, 2.75) is 58.6 Å². The van der Waals surface area contributed by atoms with Crippen molar-refractivity contribution in [1.29, 1.82) is 0 Å². The van der Waals surface area contributed by atoms with Gasteiger partial charge in [-0.3, -0.25) is 0 Å². The standard InChI is InChI=1S/C19H29N3O/c1-12(2)13-7-5-8-14(11-13)21-18(20)22-16-15-9-6-10-23-17(15)19(16,3)4/h5,7-8,11-12,15-17H,6,9-10H2,1-4H3,(H3,20,21,22). The van der Waals surface area contributed by atoms with Gasteiger partial charge in [0, 0.05) is 23.6 Å². The number of anilines is 1. The Hall–Kier alpha value is -1.55. The number of nitrogens with one attached hydrogen (secondary N) is 1. The highest BCUT2D eigenvalue weighted by Gasteiger charge is 2.58. The third kappa shape index (κ3) is 3.09. The van der Waals surface area contributed by atoms with Gasteiger partial charge < -0.3 is 15.8 Å². The van der Waals surface area contributed by atoms with Crippen molar-refractivity contribution < 1.29 is 4.74 Å². The van der Waals surface area contributed by atoms with E-state index in [-0.39, 0.29) is 11.5 Å².